The molecule has 0 spiro atoms. The molecule has 2 aromatic carbocycles. The number of benzene rings is 2. The van der Waals surface area contributed by atoms with E-state index in [9.17, 15) is 14.0 Å². The highest BCUT2D eigenvalue weighted by atomic mass is 19.1. The van der Waals surface area contributed by atoms with Gasteiger partial charge in [0.1, 0.15) is 24.0 Å². The Hall–Kier alpha value is -3.79. The molecule has 10 heteroatoms. The molecule has 2 heterocycles. The molecule has 3 N–H and O–H groups in total. The number of carbonyl (C=O) groups excluding carboxylic acids is 2. The molecule has 0 saturated carbocycles. The summed E-state index contributed by atoms with van der Waals surface area (Å²) in [5, 5.41) is 3.46. The second-order valence-electron chi connectivity index (χ2n) is 7.47. The summed E-state index contributed by atoms with van der Waals surface area (Å²) in [6.07, 6.45) is 1.40. The van der Waals surface area contributed by atoms with Gasteiger partial charge in [0.05, 0.1) is 12.1 Å². The monoisotopic (exact) mass is 438 g/mol. The lowest BCUT2D eigenvalue weighted by Crippen LogP contribution is -2.60. The number of aromatic nitrogens is 2. The molecule has 32 heavy (non-hydrogen) atoms. The molecule has 1 aliphatic heterocycles. The number of nitrogens with zero attached hydrogens (tertiary/aromatic N) is 4. The largest absolute Gasteiger partial charge is 0.383 e. The molecule has 1 aliphatic rings. The van der Waals surface area contributed by atoms with E-state index in [1.54, 1.807) is 4.90 Å². The van der Waals surface area contributed by atoms with Gasteiger partial charge in [-0.15, -0.1) is 0 Å². The van der Waals surface area contributed by atoms with E-state index in [-0.39, 0.29) is 12.5 Å². The number of hydrogen-bond donors (Lipinski definition) is 2. The van der Waals surface area contributed by atoms with E-state index in [0.717, 1.165) is 10.9 Å². The number of carbonyl (C=O) groups is 2. The van der Waals surface area contributed by atoms with Crippen LogP contribution >= 0.6 is 0 Å². The van der Waals surface area contributed by atoms with Crippen LogP contribution in [-0.2, 0) is 16.1 Å². The van der Waals surface area contributed by atoms with Crippen LogP contribution in [-0.4, -0.2) is 64.6 Å². The van der Waals surface area contributed by atoms with Crippen molar-refractivity contribution in [1.29, 1.82) is 0 Å². The Bertz CT molecular complexity index is 1140. The Kier molecular flexibility index (Phi) is 6.13. The number of ether oxygens (including phenoxy) is 1. The fraction of sp³-hybridized carbons (Fsp3) is 0.273. The number of halogens is 1. The number of methoxy groups -OCH3 is 1. The molecule has 0 unspecified atom stereocenters. The minimum atomic E-state index is -0.771. The molecule has 0 aliphatic carbocycles. The molecule has 0 bridgehead atoms. The number of hydrogen-bond acceptors (Lipinski definition) is 6. The Labute approximate surface area is 184 Å². The highest BCUT2D eigenvalue weighted by Gasteiger charge is 2.37. The molecule has 1 atom stereocenters. The second kappa shape index (κ2) is 9.15. The lowest BCUT2D eigenvalue weighted by Gasteiger charge is -2.40. The molecular weight excluding hydrogens is 415 g/mol. The van der Waals surface area contributed by atoms with Gasteiger partial charge in [-0.1, -0.05) is 6.07 Å². The van der Waals surface area contributed by atoms with Crippen LogP contribution in [0.3, 0.4) is 0 Å². The summed E-state index contributed by atoms with van der Waals surface area (Å²) in [5.74, 6) is -0.208. The molecule has 3 amide bonds. The fourth-order valence-corrected chi connectivity index (χ4v) is 3.73. The highest BCUT2D eigenvalue weighted by Crippen LogP contribution is 2.21. The third-order valence-electron chi connectivity index (χ3n) is 5.37. The Morgan fingerprint density at radius 1 is 1.22 bits per heavy atom. The van der Waals surface area contributed by atoms with Crippen molar-refractivity contribution in [3.8, 4) is 0 Å². The van der Waals surface area contributed by atoms with Crippen LogP contribution in [0.1, 0.15) is 5.56 Å². The van der Waals surface area contributed by atoms with Crippen LogP contribution in [0.15, 0.2) is 48.8 Å². The van der Waals surface area contributed by atoms with E-state index in [4.69, 9.17) is 10.5 Å². The molecule has 1 saturated heterocycles. The van der Waals surface area contributed by atoms with Crippen molar-refractivity contribution in [2.75, 3.05) is 37.9 Å². The van der Waals surface area contributed by atoms with E-state index in [1.807, 2.05) is 18.2 Å². The van der Waals surface area contributed by atoms with Crippen molar-refractivity contribution < 1.29 is 18.7 Å². The molecule has 3 aromatic rings. The normalized spacial score (nSPS) is 16.4. The van der Waals surface area contributed by atoms with Crippen LogP contribution in [0.2, 0.25) is 0 Å². The first kappa shape index (κ1) is 21.4. The smallest absolute Gasteiger partial charge is 0.322 e. The maximum atomic E-state index is 13.2. The molecule has 4 rings (SSSR count). The molecular formula is C22H23FN6O3. The van der Waals surface area contributed by atoms with E-state index in [0.29, 0.717) is 36.7 Å². The lowest BCUT2D eigenvalue weighted by molar-refractivity contribution is -0.142. The van der Waals surface area contributed by atoms with Gasteiger partial charge in [-0.05, 0) is 42.0 Å². The van der Waals surface area contributed by atoms with Gasteiger partial charge in [-0.2, -0.15) is 0 Å². The number of amides is 3. The molecule has 1 aromatic heterocycles. The van der Waals surface area contributed by atoms with Crippen molar-refractivity contribution in [2.24, 2.45) is 0 Å². The number of rotatable bonds is 5. The number of piperazine rings is 1. The number of urea groups is 1. The van der Waals surface area contributed by atoms with Crippen LogP contribution in [0.4, 0.5) is 20.7 Å². The molecule has 9 nitrogen and oxygen atoms in total. The number of fused-ring (bicyclic) bond motifs is 1. The van der Waals surface area contributed by atoms with E-state index >= 15 is 0 Å². The Balaban J connectivity index is 1.48. The van der Waals surface area contributed by atoms with Gasteiger partial charge >= 0.3 is 6.03 Å². The number of nitrogens with two attached hydrogens (primary N) is 1. The number of anilines is 2. The van der Waals surface area contributed by atoms with Gasteiger partial charge in [-0.3, -0.25) is 4.79 Å². The summed E-state index contributed by atoms with van der Waals surface area (Å²) in [4.78, 5) is 37.3. The van der Waals surface area contributed by atoms with Crippen LogP contribution < -0.4 is 11.1 Å². The maximum Gasteiger partial charge on any atom is 0.322 e. The zero-order valence-corrected chi connectivity index (χ0v) is 17.5. The summed E-state index contributed by atoms with van der Waals surface area (Å²) in [6.45, 7) is 1.12. The maximum absolute atomic E-state index is 13.2. The summed E-state index contributed by atoms with van der Waals surface area (Å²) in [7, 11) is 1.48. The zero-order chi connectivity index (χ0) is 22.7. The fourth-order valence-electron chi connectivity index (χ4n) is 3.73. The first-order valence-electron chi connectivity index (χ1n) is 10.1. The first-order chi connectivity index (χ1) is 15.5. The first-order valence-corrected chi connectivity index (χ1v) is 10.1. The van der Waals surface area contributed by atoms with E-state index < -0.39 is 17.9 Å². The molecule has 0 radical (unpaired) electrons. The van der Waals surface area contributed by atoms with Crippen LogP contribution in [0, 0.1) is 5.82 Å². The third-order valence-corrected chi connectivity index (χ3v) is 5.37. The summed E-state index contributed by atoms with van der Waals surface area (Å²) < 4.78 is 18.3. The minimum absolute atomic E-state index is 0.0631. The Morgan fingerprint density at radius 3 is 2.75 bits per heavy atom. The topological polar surface area (TPSA) is 114 Å². The number of nitrogen functional groups attached to an aromatic ring is 1. The minimum Gasteiger partial charge on any atom is -0.383 e. The summed E-state index contributed by atoms with van der Waals surface area (Å²) >= 11 is 0. The number of nitrogens with one attached hydrogen (secondary N) is 1. The predicted octanol–water partition coefficient (Wildman–Crippen LogP) is 2.24. The average molecular weight is 438 g/mol. The summed E-state index contributed by atoms with van der Waals surface area (Å²) in [5.41, 5.74) is 7.92. The second-order valence-corrected chi connectivity index (χ2v) is 7.47. The van der Waals surface area contributed by atoms with E-state index in [2.05, 4.69) is 15.3 Å². The SMILES string of the molecule is COC[C@H]1C(=O)N(Cc2ccc3c(N)ncnc3c2)CCN1C(=O)Nc1ccc(F)cc1. The van der Waals surface area contributed by atoms with Gasteiger partial charge in [0, 0.05) is 37.8 Å². The predicted molar refractivity (Wildman–Crippen MR) is 117 cm³/mol. The van der Waals surface area contributed by atoms with Crippen molar-refractivity contribution >= 4 is 34.3 Å². The summed E-state index contributed by atoms with van der Waals surface area (Å²) in [6, 6.07) is 9.83. The van der Waals surface area contributed by atoms with Crippen molar-refractivity contribution in [1.82, 2.24) is 19.8 Å². The third kappa shape index (κ3) is 4.45. The lowest BCUT2D eigenvalue weighted by atomic mass is 10.1. The zero-order valence-electron chi connectivity index (χ0n) is 17.5. The molecule has 1 fully saturated rings. The Morgan fingerprint density at radius 2 is 2.00 bits per heavy atom. The van der Waals surface area contributed by atoms with Gasteiger partial charge in [0.25, 0.3) is 0 Å². The van der Waals surface area contributed by atoms with Crippen molar-refractivity contribution in [3.05, 3.63) is 60.2 Å². The van der Waals surface area contributed by atoms with Crippen molar-refractivity contribution in [2.45, 2.75) is 12.6 Å². The average Bonchev–Trinajstić information content (AvgIpc) is 2.78. The van der Waals surface area contributed by atoms with Gasteiger partial charge < -0.3 is 25.6 Å². The van der Waals surface area contributed by atoms with E-state index in [1.165, 1.54) is 42.6 Å². The van der Waals surface area contributed by atoms with Crippen LogP contribution in [0.5, 0.6) is 0 Å². The molecule has 166 valence electrons. The quantitative estimate of drug-likeness (QED) is 0.632. The van der Waals surface area contributed by atoms with Gasteiger partial charge in [0.2, 0.25) is 5.91 Å². The van der Waals surface area contributed by atoms with Crippen molar-refractivity contribution in [3.63, 3.8) is 0 Å². The highest BCUT2D eigenvalue weighted by molar-refractivity contribution is 5.94. The van der Waals surface area contributed by atoms with Gasteiger partial charge in [-0.25, -0.2) is 19.2 Å². The van der Waals surface area contributed by atoms with Gasteiger partial charge in [0.15, 0.2) is 0 Å². The van der Waals surface area contributed by atoms with Crippen LogP contribution in [0.25, 0.3) is 10.9 Å². The standard InChI is InChI=1S/C22H23FN6O3/c1-32-12-19-21(30)28(11-14-2-7-17-18(10-14)25-13-26-20(17)24)8-9-29(19)22(31)27-16-5-3-15(23)4-6-16/h2-7,10,13,19H,8-9,11-12H2,1H3,(H,27,31)(H2,24,25,26)/t19-/m0/s1.